The Bertz CT molecular complexity index is 362. The summed E-state index contributed by atoms with van der Waals surface area (Å²) in [4.78, 5) is 10.6. The SMILES string of the molecule is CC(=O)Nc1cnn(COCC(F)(F)F)c1. The maximum atomic E-state index is 11.7. The molecular formula is C8H10F3N3O2. The molecule has 90 valence electrons. The zero-order chi connectivity index (χ0) is 12.2. The van der Waals surface area contributed by atoms with Crippen LogP contribution in [0.1, 0.15) is 6.92 Å². The Labute approximate surface area is 89.2 Å². The van der Waals surface area contributed by atoms with E-state index in [1.54, 1.807) is 0 Å². The summed E-state index contributed by atoms with van der Waals surface area (Å²) in [5, 5.41) is 6.13. The van der Waals surface area contributed by atoms with Gasteiger partial charge in [0.05, 0.1) is 18.1 Å². The maximum Gasteiger partial charge on any atom is 0.411 e. The van der Waals surface area contributed by atoms with E-state index in [4.69, 9.17) is 0 Å². The zero-order valence-electron chi connectivity index (χ0n) is 8.41. The summed E-state index contributed by atoms with van der Waals surface area (Å²) in [7, 11) is 0. The van der Waals surface area contributed by atoms with Crippen LogP contribution in [0.25, 0.3) is 0 Å². The van der Waals surface area contributed by atoms with Crippen LogP contribution in [0.5, 0.6) is 0 Å². The van der Waals surface area contributed by atoms with Crippen molar-refractivity contribution in [2.75, 3.05) is 11.9 Å². The highest BCUT2D eigenvalue weighted by molar-refractivity contribution is 5.88. The van der Waals surface area contributed by atoms with Crippen molar-refractivity contribution in [2.24, 2.45) is 0 Å². The first-order valence-electron chi connectivity index (χ1n) is 4.31. The van der Waals surface area contributed by atoms with Gasteiger partial charge in [-0.15, -0.1) is 0 Å². The third-order valence-electron chi connectivity index (χ3n) is 1.44. The van der Waals surface area contributed by atoms with E-state index in [0.29, 0.717) is 5.69 Å². The molecule has 1 aromatic heterocycles. The van der Waals surface area contributed by atoms with E-state index < -0.39 is 12.8 Å². The summed E-state index contributed by atoms with van der Waals surface area (Å²) in [6, 6.07) is 0. The van der Waals surface area contributed by atoms with Crippen LogP contribution in [0.4, 0.5) is 18.9 Å². The molecule has 1 aromatic rings. The Balaban J connectivity index is 2.38. The molecule has 1 heterocycles. The minimum absolute atomic E-state index is 0.282. The number of halogens is 3. The molecule has 0 aliphatic rings. The van der Waals surface area contributed by atoms with E-state index in [-0.39, 0.29) is 12.6 Å². The van der Waals surface area contributed by atoms with Crippen molar-refractivity contribution < 1.29 is 22.7 Å². The highest BCUT2D eigenvalue weighted by Gasteiger charge is 2.27. The predicted molar refractivity (Wildman–Crippen MR) is 48.5 cm³/mol. The molecule has 16 heavy (non-hydrogen) atoms. The van der Waals surface area contributed by atoms with Crippen LogP contribution in [0.15, 0.2) is 12.4 Å². The molecule has 0 fully saturated rings. The molecule has 8 heteroatoms. The van der Waals surface area contributed by atoms with Crippen LogP contribution in [0.3, 0.4) is 0 Å². The molecular weight excluding hydrogens is 227 g/mol. The van der Waals surface area contributed by atoms with E-state index in [2.05, 4.69) is 15.2 Å². The van der Waals surface area contributed by atoms with Crippen LogP contribution in [-0.4, -0.2) is 28.5 Å². The van der Waals surface area contributed by atoms with E-state index in [9.17, 15) is 18.0 Å². The fraction of sp³-hybridized carbons (Fsp3) is 0.500. The first kappa shape index (κ1) is 12.5. The van der Waals surface area contributed by atoms with Gasteiger partial charge in [-0.3, -0.25) is 4.79 Å². The Morgan fingerprint density at radius 3 is 2.88 bits per heavy atom. The zero-order valence-corrected chi connectivity index (χ0v) is 8.41. The molecule has 0 aliphatic carbocycles. The van der Waals surface area contributed by atoms with E-state index in [1.165, 1.54) is 19.3 Å². The molecule has 0 bridgehead atoms. The van der Waals surface area contributed by atoms with Crippen molar-refractivity contribution in [1.82, 2.24) is 9.78 Å². The number of hydrogen-bond acceptors (Lipinski definition) is 3. The topological polar surface area (TPSA) is 56.2 Å². The predicted octanol–water partition coefficient (Wildman–Crippen LogP) is 1.38. The number of carbonyl (C=O) groups is 1. The number of anilines is 1. The highest BCUT2D eigenvalue weighted by atomic mass is 19.4. The first-order valence-corrected chi connectivity index (χ1v) is 4.31. The number of hydrogen-bond donors (Lipinski definition) is 1. The van der Waals surface area contributed by atoms with Crippen LogP contribution in [0, 0.1) is 0 Å². The second-order valence-electron chi connectivity index (χ2n) is 3.04. The lowest BCUT2D eigenvalue weighted by Crippen LogP contribution is -2.18. The number of rotatable bonds is 4. The lowest BCUT2D eigenvalue weighted by atomic mass is 10.5. The van der Waals surface area contributed by atoms with Crippen LogP contribution < -0.4 is 5.32 Å². The van der Waals surface area contributed by atoms with Gasteiger partial charge in [0, 0.05) is 6.92 Å². The Hall–Kier alpha value is -1.57. The lowest BCUT2D eigenvalue weighted by Gasteiger charge is -2.06. The van der Waals surface area contributed by atoms with Gasteiger partial charge in [-0.25, -0.2) is 4.68 Å². The van der Waals surface area contributed by atoms with Crippen molar-refractivity contribution in [2.45, 2.75) is 19.8 Å². The Morgan fingerprint density at radius 1 is 1.62 bits per heavy atom. The van der Waals surface area contributed by atoms with Crippen molar-refractivity contribution in [3.8, 4) is 0 Å². The van der Waals surface area contributed by atoms with Crippen LogP contribution in [-0.2, 0) is 16.3 Å². The summed E-state index contributed by atoms with van der Waals surface area (Å²) in [5.41, 5.74) is 0.406. The number of carbonyl (C=O) groups excluding carboxylic acids is 1. The van der Waals surface area contributed by atoms with Crippen molar-refractivity contribution in [3.63, 3.8) is 0 Å². The van der Waals surface area contributed by atoms with Gasteiger partial charge < -0.3 is 10.1 Å². The van der Waals surface area contributed by atoms with Crippen LogP contribution in [0.2, 0.25) is 0 Å². The number of nitrogens with zero attached hydrogens (tertiary/aromatic N) is 2. The van der Waals surface area contributed by atoms with Crippen molar-refractivity contribution in [1.29, 1.82) is 0 Å². The van der Waals surface area contributed by atoms with Gasteiger partial charge in [-0.2, -0.15) is 18.3 Å². The second-order valence-corrected chi connectivity index (χ2v) is 3.04. The van der Waals surface area contributed by atoms with Gasteiger partial charge >= 0.3 is 6.18 Å². The number of nitrogens with one attached hydrogen (secondary N) is 1. The number of aromatic nitrogens is 2. The fourth-order valence-corrected chi connectivity index (χ4v) is 0.957. The molecule has 0 saturated carbocycles. The van der Waals surface area contributed by atoms with Gasteiger partial charge in [-0.05, 0) is 0 Å². The molecule has 0 aromatic carbocycles. The lowest BCUT2D eigenvalue weighted by molar-refractivity contribution is -0.182. The minimum atomic E-state index is -4.35. The summed E-state index contributed by atoms with van der Waals surface area (Å²) >= 11 is 0. The average Bonchev–Trinajstić information content (AvgIpc) is 2.49. The van der Waals surface area contributed by atoms with Gasteiger partial charge in [-0.1, -0.05) is 0 Å². The molecule has 5 nitrogen and oxygen atoms in total. The molecule has 1 amide bonds. The van der Waals surface area contributed by atoms with Gasteiger partial charge in [0.25, 0.3) is 0 Å². The van der Waals surface area contributed by atoms with E-state index >= 15 is 0 Å². The molecule has 1 N–H and O–H groups in total. The Morgan fingerprint density at radius 2 is 2.31 bits per heavy atom. The maximum absolute atomic E-state index is 11.7. The quantitative estimate of drug-likeness (QED) is 0.860. The molecule has 0 saturated heterocycles. The summed E-state index contributed by atoms with van der Waals surface area (Å²) < 4.78 is 40.7. The smallest absolute Gasteiger partial charge is 0.350 e. The molecule has 0 radical (unpaired) electrons. The van der Waals surface area contributed by atoms with Crippen LogP contribution >= 0.6 is 0 Å². The van der Waals surface area contributed by atoms with E-state index in [0.717, 1.165) is 4.68 Å². The summed E-state index contributed by atoms with van der Waals surface area (Å²) in [5.74, 6) is -0.282. The molecule has 0 atom stereocenters. The van der Waals surface area contributed by atoms with Gasteiger partial charge in [0.1, 0.15) is 13.3 Å². The third kappa shape index (κ3) is 4.78. The normalized spacial score (nSPS) is 11.5. The fourth-order valence-electron chi connectivity index (χ4n) is 0.957. The number of alkyl halides is 3. The standard InChI is InChI=1S/C8H10F3N3O2/c1-6(15)13-7-2-12-14(3-7)5-16-4-8(9,10)11/h2-3H,4-5H2,1H3,(H,13,15). The first-order chi connectivity index (χ1) is 7.37. The summed E-state index contributed by atoms with van der Waals surface area (Å²) in [6.07, 6.45) is -1.66. The van der Waals surface area contributed by atoms with Gasteiger partial charge in [0.2, 0.25) is 5.91 Å². The second kappa shape index (κ2) is 4.97. The average molecular weight is 237 g/mol. The van der Waals surface area contributed by atoms with Crippen molar-refractivity contribution in [3.05, 3.63) is 12.4 Å². The monoisotopic (exact) mass is 237 g/mol. The minimum Gasteiger partial charge on any atom is -0.350 e. The van der Waals surface area contributed by atoms with Crippen molar-refractivity contribution >= 4 is 11.6 Å². The highest BCUT2D eigenvalue weighted by Crippen LogP contribution is 2.14. The largest absolute Gasteiger partial charge is 0.411 e. The van der Waals surface area contributed by atoms with Gasteiger partial charge in [0.15, 0.2) is 0 Å². The Kier molecular flexibility index (Phi) is 3.88. The number of amides is 1. The molecule has 0 unspecified atom stereocenters. The molecule has 0 aliphatic heterocycles. The third-order valence-corrected chi connectivity index (χ3v) is 1.44. The summed E-state index contributed by atoms with van der Waals surface area (Å²) in [6.45, 7) is -0.334. The van der Waals surface area contributed by atoms with E-state index in [1.807, 2.05) is 0 Å². The molecule has 1 rings (SSSR count). The number of ether oxygens (including phenoxy) is 1. The molecule has 0 spiro atoms.